The molecule has 0 bridgehead atoms. The minimum atomic E-state index is -0.152. The summed E-state index contributed by atoms with van der Waals surface area (Å²) in [5.74, 6) is 1.49. The van der Waals surface area contributed by atoms with Crippen molar-refractivity contribution < 1.29 is 9.21 Å². The first-order valence-corrected chi connectivity index (χ1v) is 9.00. The third-order valence-electron chi connectivity index (χ3n) is 3.94. The molecule has 130 valence electrons. The minimum Gasteiger partial charge on any atom is -0.466 e. The summed E-state index contributed by atoms with van der Waals surface area (Å²) in [6, 6.07) is 18.9. The van der Waals surface area contributed by atoms with Crippen LogP contribution < -0.4 is 5.32 Å². The molecule has 0 aliphatic rings. The SMILES string of the molecule is Cc1cc(CNC(=O)c2ccccc2Sc2ccccc2C#N)c(C)o1. The van der Waals surface area contributed by atoms with Crippen LogP contribution in [0, 0.1) is 25.2 Å². The number of hydrogen-bond donors (Lipinski definition) is 1. The Kier molecular flexibility index (Phi) is 5.45. The second kappa shape index (κ2) is 7.94. The first kappa shape index (κ1) is 17.8. The van der Waals surface area contributed by atoms with E-state index in [4.69, 9.17) is 4.42 Å². The number of carbonyl (C=O) groups is 1. The van der Waals surface area contributed by atoms with Crippen molar-refractivity contribution in [1.82, 2.24) is 5.32 Å². The van der Waals surface area contributed by atoms with E-state index >= 15 is 0 Å². The van der Waals surface area contributed by atoms with Gasteiger partial charge in [-0.05, 0) is 44.2 Å². The lowest BCUT2D eigenvalue weighted by Gasteiger charge is -2.10. The zero-order valence-electron chi connectivity index (χ0n) is 14.6. The fourth-order valence-electron chi connectivity index (χ4n) is 2.64. The van der Waals surface area contributed by atoms with Crippen LogP contribution in [-0.2, 0) is 6.54 Å². The summed E-state index contributed by atoms with van der Waals surface area (Å²) < 4.78 is 5.49. The highest BCUT2D eigenvalue weighted by Gasteiger charge is 2.14. The molecule has 0 spiro atoms. The number of nitriles is 1. The summed E-state index contributed by atoms with van der Waals surface area (Å²) in [5, 5.41) is 12.2. The van der Waals surface area contributed by atoms with Gasteiger partial charge in [0, 0.05) is 21.9 Å². The summed E-state index contributed by atoms with van der Waals surface area (Å²) in [5.41, 5.74) is 2.15. The van der Waals surface area contributed by atoms with Crippen LogP contribution in [0.25, 0.3) is 0 Å². The van der Waals surface area contributed by atoms with E-state index in [0.717, 1.165) is 26.9 Å². The van der Waals surface area contributed by atoms with Crippen LogP contribution in [0.3, 0.4) is 0 Å². The third kappa shape index (κ3) is 3.98. The molecule has 0 saturated carbocycles. The first-order valence-electron chi connectivity index (χ1n) is 8.18. The highest BCUT2D eigenvalue weighted by Crippen LogP contribution is 2.32. The Hall–Kier alpha value is -2.97. The third-order valence-corrected chi connectivity index (χ3v) is 5.09. The zero-order chi connectivity index (χ0) is 18.5. The Morgan fingerprint density at radius 3 is 2.50 bits per heavy atom. The topological polar surface area (TPSA) is 66.0 Å². The van der Waals surface area contributed by atoms with E-state index in [1.807, 2.05) is 56.3 Å². The van der Waals surface area contributed by atoms with Crippen molar-refractivity contribution in [2.45, 2.75) is 30.2 Å². The van der Waals surface area contributed by atoms with Gasteiger partial charge < -0.3 is 9.73 Å². The molecule has 1 N–H and O–H groups in total. The fourth-order valence-corrected chi connectivity index (χ4v) is 3.66. The van der Waals surface area contributed by atoms with Gasteiger partial charge in [-0.25, -0.2) is 0 Å². The lowest BCUT2D eigenvalue weighted by molar-refractivity contribution is 0.0948. The predicted octanol–water partition coefficient (Wildman–Crippen LogP) is 4.85. The number of benzene rings is 2. The highest BCUT2D eigenvalue weighted by atomic mass is 32.2. The Morgan fingerprint density at radius 1 is 1.12 bits per heavy atom. The maximum absolute atomic E-state index is 12.7. The molecule has 5 heteroatoms. The quantitative estimate of drug-likeness (QED) is 0.704. The molecule has 0 fully saturated rings. The molecular weight excluding hydrogens is 344 g/mol. The van der Waals surface area contributed by atoms with Gasteiger partial charge in [-0.15, -0.1) is 0 Å². The van der Waals surface area contributed by atoms with Crippen LogP contribution in [0.15, 0.2) is 68.8 Å². The fraction of sp³-hybridized carbons (Fsp3) is 0.143. The maximum atomic E-state index is 12.7. The molecule has 0 unspecified atom stereocenters. The van der Waals surface area contributed by atoms with Gasteiger partial charge in [0.2, 0.25) is 0 Å². The van der Waals surface area contributed by atoms with Gasteiger partial charge in [0.25, 0.3) is 5.91 Å². The van der Waals surface area contributed by atoms with Crippen molar-refractivity contribution >= 4 is 17.7 Å². The molecule has 0 saturated heterocycles. The molecule has 1 amide bonds. The van der Waals surface area contributed by atoms with E-state index in [0.29, 0.717) is 17.7 Å². The van der Waals surface area contributed by atoms with Crippen molar-refractivity contribution in [2.75, 3.05) is 0 Å². The monoisotopic (exact) mass is 362 g/mol. The molecule has 1 heterocycles. The van der Waals surface area contributed by atoms with Crippen LogP contribution in [0.4, 0.5) is 0 Å². The highest BCUT2D eigenvalue weighted by molar-refractivity contribution is 7.99. The largest absolute Gasteiger partial charge is 0.466 e. The lowest BCUT2D eigenvalue weighted by Crippen LogP contribution is -2.23. The molecule has 3 aromatic rings. The lowest BCUT2D eigenvalue weighted by atomic mass is 10.2. The van der Waals surface area contributed by atoms with E-state index in [-0.39, 0.29) is 5.91 Å². The second-order valence-corrected chi connectivity index (χ2v) is 6.91. The molecule has 0 atom stereocenters. The molecular formula is C21H18N2O2S. The summed E-state index contributed by atoms with van der Waals surface area (Å²) in [7, 11) is 0. The number of nitrogens with one attached hydrogen (secondary N) is 1. The van der Waals surface area contributed by atoms with Gasteiger partial charge >= 0.3 is 0 Å². The predicted molar refractivity (Wildman–Crippen MR) is 101 cm³/mol. The summed E-state index contributed by atoms with van der Waals surface area (Å²) in [6.07, 6.45) is 0. The number of amides is 1. The Morgan fingerprint density at radius 2 is 1.81 bits per heavy atom. The van der Waals surface area contributed by atoms with Crippen molar-refractivity contribution in [3.05, 3.63) is 82.8 Å². The average molecular weight is 362 g/mol. The average Bonchev–Trinajstić information content (AvgIpc) is 2.98. The smallest absolute Gasteiger partial charge is 0.252 e. The van der Waals surface area contributed by atoms with Crippen molar-refractivity contribution in [1.29, 1.82) is 5.26 Å². The Balaban J connectivity index is 1.79. The van der Waals surface area contributed by atoms with E-state index in [1.165, 1.54) is 11.8 Å². The zero-order valence-corrected chi connectivity index (χ0v) is 15.4. The van der Waals surface area contributed by atoms with Gasteiger partial charge in [-0.1, -0.05) is 36.0 Å². The maximum Gasteiger partial charge on any atom is 0.252 e. The molecule has 26 heavy (non-hydrogen) atoms. The van der Waals surface area contributed by atoms with Gasteiger partial charge in [-0.3, -0.25) is 4.79 Å². The van der Waals surface area contributed by atoms with Crippen LogP contribution >= 0.6 is 11.8 Å². The van der Waals surface area contributed by atoms with Gasteiger partial charge in [0.1, 0.15) is 17.6 Å². The molecule has 1 aromatic heterocycles. The summed E-state index contributed by atoms with van der Waals surface area (Å²) >= 11 is 1.42. The van der Waals surface area contributed by atoms with Crippen LogP contribution in [0.1, 0.15) is 33.0 Å². The number of rotatable bonds is 5. The number of carbonyl (C=O) groups excluding carboxylic acids is 1. The standard InChI is InChI=1S/C21H18N2O2S/c1-14-11-17(15(2)25-14)13-23-21(24)18-8-4-6-10-20(18)26-19-9-5-3-7-16(19)12-22/h3-11H,13H2,1-2H3,(H,23,24). The van der Waals surface area contributed by atoms with E-state index in [9.17, 15) is 10.1 Å². The van der Waals surface area contributed by atoms with E-state index < -0.39 is 0 Å². The normalized spacial score (nSPS) is 10.3. The molecule has 0 radical (unpaired) electrons. The van der Waals surface area contributed by atoms with Crippen LogP contribution in [0.5, 0.6) is 0 Å². The van der Waals surface area contributed by atoms with Crippen LogP contribution in [0.2, 0.25) is 0 Å². The Labute approximate surface area is 156 Å². The summed E-state index contributed by atoms with van der Waals surface area (Å²) in [4.78, 5) is 14.3. The number of nitrogens with zero attached hydrogens (tertiary/aromatic N) is 1. The molecule has 4 nitrogen and oxygen atoms in total. The molecule has 0 aliphatic heterocycles. The van der Waals surface area contributed by atoms with Crippen molar-refractivity contribution in [3.8, 4) is 6.07 Å². The van der Waals surface area contributed by atoms with Gasteiger partial charge in [0.05, 0.1) is 11.1 Å². The molecule has 2 aromatic carbocycles. The van der Waals surface area contributed by atoms with Gasteiger partial charge in [0.15, 0.2) is 0 Å². The van der Waals surface area contributed by atoms with Crippen molar-refractivity contribution in [2.24, 2.45) is 0 Å². The number of aryl methyl sites for hydroxylation is 2. The minimum absolute atomic E-state index is 0.152. The first-order chi connectivity index (χ1) is 12.6. The van der Waals surface area contributed by atoms with E-state index in [1.54, 1.807) is 12.1 Å². The number of furan rings is 1. The van der Waals surface area contributed by atoms with Gasteiger partial charge in [-0.2, -0.15) is 5.26 Å². The second-order valence-electron chi connectivity index (χ2n) is 5.83. The Bertz CT molecular complexity index is 986. The van der Waals surface area contributed by atoms with E-state index in [2.05, 4.69) is 11.4 Å². The summed E-state index contributed by atoms with van der Waals surface area (Å²) in [6.45, 7) is 4.18. The molecule has 0 aliphatic carbocycles. The molecule has 3 rings (SSSR count). The van der Waals surface area contributed by atoms with Crippen LogP contribution in [-0.4, -0.2) is 5.91 Å². The number of hydrogen-bond acceptors (Lipinski definition) is 4. The van der Waals surface area contributed by atoms with Crippen molar-refractivity contribution in [3.63, 3.8) is 0 Å².